The van der Waals surface area contributed by atoms with E-state index in [2.05, 4.69) is 4.90 Å². The van der Waals surface area contributed by atoms with E-state index in [9.17, 15) is 19.2 Å². The molecule has 2 aliphatic heterocycles. The Morgan fingerprint density at radius 1 is 0.935 bits per heavy atom. The summed E-state index contributed by atoms with van der Waals surface area (Å²) in [5.74, 6) is -1.38. The first-order chi connectivity index (χ1) is 14.9. The maximum Gasteiger partial charge on any atom is 0.338 e. The van der Waals surface area contributed by atoms with Crippen LogP contribution in [0, 0.1) is 6.92 Å². The minimum Gasteiger partial charge on any atom is -0.454 e. The molecule has 0 bridgehead atoms. The largest absolute Gasteiger partial charge is 0.454 e. The van der Waals surface area contributed by atoms with Crippen molar-refractivity contribution in [2.75, 3.05) is 24.6 Å². The molecule has 2 heterocycles. The summed E-state index contributed by atoms with van der Waals surface area (Å²) in [6.45, 7) is 3.24. The number of carbonyl (C=O) groups is 4. The maximum absolute atomic E-state index is 12.8. The van der Waals surface area contributed by atoms with Gasteiger partial charge in [-0.25, -0.2) is 9.69 Å². The van der Waals surface area contributed by atoms with Gasteiger partial charge in [0, 0.05) is 5.56 Å². The van der Waals surface area contributed by atoms with Crippen LogP contribution < -0.4 is 4.90 Å². The highest BCUT2D eigenvalue weighted by atomic mass is 16.5. The molecule has 2 saturated heterocycles. The zero-order valence-electron chi connectivity index (χ0n) is 17.4. The molecule has 0 aliphatic carbocycles. The third kappa shape index (κ3) is 4.41. The van der Waals surface area contributed by atoms with Crippen molar-refractivity contribution in [3.63, 3.8) is 0 Å². The second-order valence-electron chi connectivity index (χ2n) is 7.94. The number of carbonyl (C=O) groups excluding carboxylic acids is 4. The summed E-state index contributed by atoms with van der Waals surface area (Å²) in [7, 11) is 0. The molecule has 160 valence electrons. The molecule has 0 radical (unpaired) electrons. The number of imide groups is 1. The summed E-state index contributed by atoms with van der Waals surface area (Å²) in [6.07, 6.45) is 2.27. The number of aryl methyl sites for hydroxylation is 1. The summed E-state index contributed by atoms with van der Waals surface area (Å²) in [5, 5.41) is 0. The Kier molecular flexibility index (Phi) is 5.95. The molecule has 0 spiro atoms. The Hall–Kier alpha value is -3.32. The third-order valence-corrected chi connectivity index (χ3v) is 5.77. The molecule has 31 heavy (non-hydrogen) atoms. The zero-order chi connectivity index (χ0) is 22.0. The van der Waals surface area contributed by atoms with Gasteiger partial charge in [-0.05, 0) is 57.1 Å². The number of anilines is 1. The van der Waals surface area contributed by atoms with Crippen molar-refractivity contribution in [2.45, 2.75) is 32.2 Å². The van der Waals surface area contributed by atoms with Gasteiger partial charge in [0.05, 0.1) is 23.7 Å². The van der Waals surface area contributed by atoms with Crippen molar-refractivity contribution in [2.24, 2.45) is 0 Å². The Labute approximate surface area is 180 Å². The second kappa shape index (κ2) is 8.81. The van der Waals surface area contributed by atoms with Gasteiger partial charge < -0.3 is 4.74 Å². The van der Waals surface area contributed by atoms with Crippen LogP contribution in [0.1, 0.15) is 45.5 Å². The van der Waals surface area contributed by atoms with Gasteiger partial charge in [0.25, 0.3) is 5.91 Å². The molecule has 2 aromatic carbocycles. The van der Waals surface area contributed by atoms with Gasteiger partial charge in [0.1, 0.15) is 0 Å². The van der Waals surface area contributed by atoms with E-state index < -0.39 is 12.0 Å². The molecular formula is C24H24N2O5. The Morgan fingerprint density at radius 2 is 1.55 bits per heavy atom. The van der Waals surface area contributed by atoms with E-state index in [1.807, 2.05) is 19.1 Å². The lowest BCUT2D eigenvalue weighted by atomic mass is 10.1. The fourth-order valence-corrected chi connectivity index (χ4v) is 4.01. The van der Waals surface area contributed by atoms with E-state index in [-0.39, 0.29) is 36.2 Å². The number of rotatable bonds is 6. The highest BCUT2D eigenvalue weighted by Gasteiger charge is 2.43. The van der Waals surface area contributed by atoms with Crippen LogP contribution in [0.3, 0.4) is 0 Å². The molecule has 1 unspecified atom stereocenters. The number of hydrogen-bond donors (Lipinski definition) is 0. The van der Waals surface area contributed by atoms with Crippen LogP contribution in [-0.2, 0) is 14.3 Å². The number of ketones is 1. The fourth-order valence-electron chi connectivity index (χ4n) is 4.01. The molecule has 2 aliphatic rings. The average molecular weight is 420 g/mol. The van der Waals surface area contributed by atoms with E-state index >= 15 is 0 Å². The summed E-state index contributed by atoms with van der Waals surface area (Å²) in [4.78, 5) is 53.0. The van der Waals surface area contributed by atoms with Crippen molar-refractivity contribution in [3.8, 4) is 0 Å². The summed E-state index contributed by atoms with van der Waals surface area (Å²) >= 11 is 0. The number of amides is 2. The van der Waals surface area contributed by atoms with Crippen LogP contribution >= 0.6 is 0 Å². The number of ether oxygens (including phenoxy) is 1. The molecule has 7 nitrogen and oxygen atoms in total. The third-order valence-electron chi connectivity index (χ3n) is 5.77. The van der Waals surface area contributed by atoms with Gasteiger partial charge in [-0.2, -0.15) is 0 Å². The van der Waals surface area contributed by atoms with Gasteiger partial charge in [-0.15, -0.1) is 0 Å². The highest BCUT2D eigenvalue weighted by Crippen LogP contribution is 2.28. The lowest BCUT2D eigenvalue weighted by Crippen LogP contribution is -2.40. The van der Waals surface area contributed by atoms with Gasteiger partial charge >= 0.3 is 5.97 Å². The van der Waals surface area contributed by atoms with Gasteiger partial charge in [-0.1, -0.05) is 29.8 Å². The van der Waals surface area contributed by atoms with Crippen LogP contribution in [0.25, 0.3) is 0 Å². The standard InChI is InChI=1S/C24H24N2O5/c1-16-4-6-17(7-5-16)21(27)15-31-24(30)18-8-10-19(11-9-18)26-22(28)14-20(23(26)29)25-12-2-3-13-25/h4-11,20H,2-3,12-15H2,1H3. The molecule has 0 aromatic heterocycles. The van der Waals surface area contributed by atoms with Gasteiger partial charge in [-0.3, -0.25) is 19.3 Å². The second-order valence-corrected chi connectivity index (χ2v) is 7.94. The van der Waals surface area contributed by atoms with Crippen LogP contribution in [0.2, 0.25) is 0 Å². The lowest BCUT2D eigenvalue weighted by Gasteiger charge is -2.21. The first-order valence-corrected chi connectivity index (χ1v) is 10.4. The molecule has 2 amide bonds. The van der Waals surface area contributed by atoms with E-state index in [4.69, 9.17) is 4.74 Å². The average Bonchev–Trinajstić information content (AvgIpc) is 3.40. The van der Waals surface area contributed by atoms with E-state index in [0.29, 0.717) is 11.3 Å². The Bertz CT molecular complexity index is 1010. The molecule has 7 heteroatoms. The number of hydrogen-bond acceptors (Lipinski definition) is 6. The number of benzene rings is 2. The minimum atomic E-state index is -0.638. The summed E-state index contributed by atoms with van der Waals surface area (Å²) in [5.41, 5.74) is 2.20. The topological polar surface area (TPSA) is 84.0 Å². The quantitative estimate of drug-likeness (QED) is 0.406. The van der Waals surface area contributed by atoms with Crippen LogP contribution in [0.4, 0.5) is 5.69 Å². The molecule has 0 saturated carbocycles. The van der Waals surface area contributed by atoms with Crippen molar-refractivity contribution in [1.29, 1.82) is 0 Å². The minimum absolute atomic E-state index is 0.184. The first-order valence-electron chi connectivity index (χ1n) is 10.4. The lowest BCUT2D eigenvalue weighted by molar-refractivity contribution is -0.122. The monoisotopic (exact) mass is 420 g/mol. The smallest absolute Gasteiger partial charge is 0.338 e. The molecule has 4 rings (SSSR count). The number of nitrogens with zero attached hydrogens (tertiary/aromatic N) is 2. The summed E-state index contributed by atoms with van der Waals surface area (Å²) in [6, 6.07) is 12.7. The molecule has 1 atom stereocenters. The predicted molar refractivity (Wildman–Crippen MR) is 114 cm³/mol. The van der Waals surface area contributed by atoms with Crippen molar-refractivity contribution in [1.82, 2.24) is 4.90 Å². The normalized spacial score (nSPS) is 19.1. The molecule has 2 aromatic rings. The van der Waals surface area contributed by atoms with Crippen LogP contribution in [-0.4, -0.2) is 54.2 Å². The van der Waals surface area contributed by atoms with Crippen molar-refractivity contribution < 1.29 is 23.9 Å². The number of esters is 1. The molecule has 2 fully saturated rings. The van der Waals surface area contributed by atoms with Gasteiger partial charge in [0.15, 0.2) is 12.4 Å². The van der Waals surface area contributed by atoms with Crippen LogP contribution in [0.15, 0.2) is 48.5 Å². The van der Waals surface area contributed by atoms with Crippen molar-refractivity contribution in [3.05, 3.63) is 65.2 Å². The van der Waals surface area contributed by atoms with Gasteiger partial charge in [0.2, 0.25) is 5.91 Å². The highest BCUT2D eigenvalue weighted by molar-refractivity contribution is 6.22. The Morgan fingerprint density at radius 3 is 2.19 bits per heavy atom. The summed E-state index contributed by atoms with van der Waals surface area (Å²) < 4.78 is 5.12. The Balaban J connectivity index is 1.38. The van der Waals surface area contributed by atoms with Crippen LogP contribution in [0.5, 0.6) is 0 Å². The fraction of sp³-hybridized carbons (Fsp3) is 0.333. The van der Waals surface area contributed by atoms with E-state index in [0.717, 1.165) is 31.5 Å². The number of Topliss-reactive ketones (excluding diaryl/α,β-unsaturated/α-hetero) is 1. The number of likely N-dealkylation sites (tertiary alicyclic amines) is 1. The van der Waals surface area contributed by atoms with E-state index in [1.165, 1.54) is 17.0 Å². The van der Waals surface area contributed by atoms with Crippen molar-refractivity contribution >= 4 is 29.3 Å². The maximum atomic E-state index is 12.8. The first kappa shape index (κ1) is 20.9. The van der Waals surface area contributed by atoms with E-state index in [1.54, 1.807) is 24.3 Å². The zero-order valence-corrected chi connectivity index (χ0v) is 17.4. The predicted octanol–water partition coefficient (Wildman–Crippen LogP) is 2.76. The SMILES string of the molecule is Cc1ccc(C(=O)COC(=O)c2ccc(N3C(=O)CC(N4CCCC4)C3=O)cc2)cc1. The molecule has 0 N–H and O–H groups in total. The molecular weight excluding hydrogens is 396 g/mol.